The number of rotatable bonds is 5. The number of aliphatic hydroxyl groups excluding tert-OH is 1. The maximum atomic E-state index is 13.9. The molecular formula is C15H20F2N2O2. The van der Waals surface area contributed by atoms with Gasteiger partial charge in [0.05, 0.1) is 6.10 Å². The first-order valence-corrected chi connectivity index (χ1v) is 7.15. The van der Waals surface area contributed by atoms with Crippen LogP contribution in [0.4, 0.5) is 8.78 Å². The van der Waals surface area contributed by atoms with Gasteiger partial charge < -0.3 is 10.4 Å². The summed E-state index contributed by atoms with van der Waals surface area (Å²) in [6.07, 6.45) is 0.0240. The SMILES string of the molecule is CCNC(=O)CCN1CC(O)CC1c1cc(F)ccc1F. The smallest absolute Gasteiger partial charge is 0.221 e. The van der Waals surface area contributed by atoms with Crippen molar-refractivity contribution in [2.45, 2.75) is 31.9 Å². The summed E-state index contributed by atoms with van der Waals surface area (Å²) in [5.41, 5.74) is 0.238. The van der Waals surface area contributed by atoms with Crippen LogP contribution < -0.4 is 5.32 Å². The number of hydrogen-bond acceptors (Lipinski definition) is 3. The number of aliphatic hydroxyl groups is 1. The fourth-order valence-electron chi connectivity index (χ4n) is 2.75. The van der Waals surface area contributed by atoms with E-state index in [1.165, 1.54) is 0 Å². The Morgan fingerprint density at radius 3 is 2.95 bits per heavy atom. The Morgan fingerprint density at radius 2 is 2.24 bits per heavy atom. The number of amides is 1. The largest absolute Gasteiger partial charge is 0.392 e. The minimum atomic E-state index is -0.591. The van der Waals surface area contributed by atoms with Crippen LogP contribution in [0.25, 0.3) is 0 Å². The summed E-state index contributed by atoms with van der Waals surface area (Å²) in [5, 5.41) is 12.5. The van der Waals surface area contributed by atoms with Crippen molar-refractivity contribution in [3.05, 3.63) is 35.4 Å². The van der Waals surface area contributed by atoms with Crippen LogP contribution in [0.3, 0.4) is 0 Å². The Bertz CT molecular complexity index is 510. The quantitative estimate of drug-likeness (QED) is 0.868. The lowest BCUT2D eigenvalue weighted by Gasteiger charge is -2.24. The molecule has 1 amide bonds. The lowest BCUT2D eigenvalue weighted by Crippen LogP contribution is -2.31. The van der Waals surface area contributed by atoms with E-state index in [1.54, 1.807) is 0 Å². The highest BCUT2D eigenvalue weighted by atomic mass is 19.1. The van der Waals surface area contributed by atoms with E-state index in [-0.39, 0.29) is 17.9 Å². The topological polar surface area (TPSA) is 52.6 Å². The molecule has 1 aliphatic rings. The average Bonchev–Trinajstić information content (AvgIpc) is 2.80. The molecule has 0 saturated carbocycles. The molecule has 1 aromatic rings. The maximum Gasteiger partial charge on any atom is 0.221 e. The zero-order valence-corrected chi connectivity index (χ0v) is 12.0. The van der Waals surface area contributed by atoms with Crippen molar-refractivity contribution in [1.82, 2.24) is 10.2 Å². The van der Waals surface area contributed by atoms with Crippen LogP contribution in [0.2, 0.25) is 0 Å². The van der Waals surface area contributed by atoms with Gasteiger partial charge in [0.15, 0.2) is 0 Å². The average molecular weight is 298 g/mol. The van der Waals surface area contributed by atoms with E-state index in [2.05, 4.69) is 5.32 Å². The van der Waals surface area contributed by atoms with Gasteiger partial charge in [-0.15, -0.1) is 0 Å². The molecule has 0 bridgehead atoms. The number of carbonyl (C=O) groups is 1. The lowest BCUT2D eigenvalue weighted by atomic mass is 10.0. The molecule has 2 atom stereocenters. The molecular weight excluding hydrogens is 278 g/mol. The summed E-state index contributed by atoms with van der Waals surface area (Å²) in [6.45, 7) is 3.16. The number of halogens is 2. The molecule has 1 heterocycles. The Hall–Kier alpha value is -1.53. The third-order valence-electron chi connectivity index (χ3n) is 3.70. The van der Waals surface area contributed by atoms with Crippen molar-refractivity contribution in [2.24, 2.45) is 0 Å². The lowest BCUT2D eigenvalue weighted by molar-refractivity contribution is -0.121. The normalized spacial score (nSPS) is 22.5. The van der Waals surface area contributed by atoms with Gasteiger partial charge in [-0.3, -0.25) is 9.69 Å². The molecule has 21 heavy (non-hydrogen) atoms. The van der Waals surface area contributed by atoms with Crippen LogP contribution in [-0.4, -0.2) is 41.7 Å². The molecule has 4 nitrogen and oxygen atoms in total. The van der Waals surface area contributed by atoms with Crippen molar-refractivity contribution in [3.63, 3.8) is 0 Å². The molecule has 0 radical (unpaired) electrons. The summed E-state index contributed by atoms with van der Waals surface area (Å²) >= 11 is 0. The van der Waals surface area contributed by atoms with E-state index in [9.17, 15) is 18.7 Å². The fraction of sp³-hybridized carbons (Fsp3) is 0.533. The van der Waals surface area contributed by atoms with Gasteiger partial charge in [0, 0.05) is 37.7 Å². The fourth-order valence-corrected chi connectivity index (χ4v) is 2.75. The van der Waals surface area contributed by atoms with E-state index >= 15 is 0 Å². The first-order chi connectivity index (χ1) is 10.0. The van der Waals surface area contributed by atoms with E-state index in [0.717, 1.165) is 18.2 Å². The van der Waals surface area contributed by atoms with Gasteiger partial charge in [-0.2, -0.15) is 0 Å². The minimum absolute atomic E-state index is 0.0858. The van der Waals surface area contributed by atoms with E-state index in [1.807, 2.05) is 11.8 Å². The van der Waals surface area contributed by atoms with Crippen molar-refractivity contribution in [3.8, 4) is 0 Å². The molecule has 1 saturated heterocycles. The van der Waals surface area contributed by atoms with E-state index in [0.29, 0.717) is 26.1 Å². The number of carbonyl (C=O) groups excluding carboxylic acids is 1. The highest BCUT2D eigenvalue weighted by Gasteiger charge is 2.33. The third-order valence-corrected chi connectivity index (χ3v) is 3.70. The third kappa shape index (κ3) is 3.98. The van der Waals surface area contributed by atoms with Crippen LogP contribution in [0, 0.1) is 11.6 Å². The standard InChI is InChI=1S/C15H20F2N2O2/c1-2-18-15(21)5-6-19-9-11(20)8-14(19)12-7-10(16)3-4-13(12)17/h3-4,7,11,14,20H,2,5-6,8-9H2,1H3,(H,18,21). The van der Waals surface area contributed by atoms with Crippen LogP contribution in [-0.2, 0) is 4.79 Å². The number of nitrogens with zero attached hydrogens (tertiary/aromatic N) is 1. The van der Waals surface area contributed by atoms with Crippen molar-refractivity contribution >= 4 is 5.91 Å². The predicted molar refractivity (Wildman–Crippen MR) is 74.6 cm³/mol. The number of hydrogen-bond donors (Lipinski definition) is 2. The van der Waals surface area contributed by atoms with Crippen molar-refractivity contribution in [2.75, 3.05) is 19.6 Å². The molecule has 0 aromatic heterocycles. The molecule has 0 aliphatic carbocycles. The van der Waals surface area contributed by atoms with E-state index in [4.69, 9.17) is 0 Å². The van der Waals surface area contributed by atoms with Gasteiger partial charge in [0.2, 0.25) is 5.91 Å². The Kier molecular flexibility index (Phi) is 5.25. The zero-order chi connectivity index (χ0) is 15.4. The summed E-state index contributed by atoms with van der Waals surface area (Å²) < 4.78 is 27.2. The highest BCUT2D eigenvalue weighted by Crippen LogP contribution is 2.33. The van der Waals surface area contributed by atoms with Gasteiger partial charge in [-0.05, 0) is 31.5 Å². The first-order valence-electron chi connectivity index (χ1n) is 7.15. The van der Waals surface area contributed by atoms with Gasteiger partial charge in [-0.25, -0.2) is 8.78 Å². The molecule has 2 unspecified atom stereocenters. The molecule has 2 rings (SSSR count). The summed E-state index contributed by atoms with van der Waals surface area (Å²) in [5.74, 6) is -1.08. The molecule has 1 aliphatic heterocycles. The molecule has 1 fully saturated rings. The Balaban J connectivity index is 2.09. The van der Waals surface area contributed by atoms with Crippen LogP contribution in [0.1, 0.15) is 31.4 Å². The van der Waals surface area contributed by atoms with Crippen LogP contribution in [0.5, 0.6) is 0 Å². The highest BCUT2D eigenvalue weighted by molar-refractivity contribution is 5.75. The van der Waals surface area contributed by atoms with Crippen LogP contribution >= 0.6 is 0 Å². The van der Waals surface area contributed by atoms with Gasteiger partial charge >= 0.3 is 0 Å². The van der Waals surface area contributed by atoms with Gasteiger partial charge in [-0.1, -0.05) is 0 Å². The summed E-state index contributed by atoms with van der Waals surface area (Å²) in [6, 6.07) is 2.93. The second-order valence-electron chi connectivity index (χ2n) is 5.27. The Morgan fingerprint density at radius 1 is 1.48 bits per heavy atom. The Labute approximate surface area is 122 Å². The second kappa shape index (κ2) is 6.95. The van der Waals surface area contributed by atoms with Crippen molar-refractivity contribution < 1.29 is 18.7 Å². The number of nitrogens with one attached hydrogen (secondary N) is 1. The van der Waals surface area contributed by atoms with E-state index < -0.39 is 23.8 Å². The van der Waals surface area contributed by atoms with Gasteiger partial charge in [0.25, 0.3) is 0 Å². The molecule has 2 N–H and O–H groups in total. The molecule has 116 valence electrons. The number of benzene rings is 1. The molecule has 1 aromatic carbocycles. The minimum Gasteiger partial charge on any atom is -0.392 e. The molecule has 6 heteroatoms. The second-order valence-corrected chi connectivity index (χ2v) is 5.27. The summed E-state index contributed by atoms with van der Waals surface area (Å²) in [7, 11) is 0. The monoisotopic (exact) mass is 298 g/mol. The number of β-amino-alcohol motifs (C(OH)–C–C–N with tert-alkyl or cyclic N) is 1. The zero-order valence-electron chi connectivity index (χ0n) is 12.0. The number of likely N-dealkylation sites (tertiary alicyclic amines) is 1. The molecule has 0 spiro atoms. The predicted octanol–water partition coefficient (Wildman–Crippen LogP) is 1.60. The van der Waals surface area contributed by atoms with Gasteiger partial charge in [0.1, 0.15) is 11.6 Å². The van der Waals surface area contributed by atoms with Crippen LogP contribution in [0.15, 0.2) is 18.2 Å². The van der Waals surface area contributed by atoms with Crippen molar-refractivity contribution in [1.29, 1.82) is 0 Å². The maximum absolute atomic E-state index is 13.9. The summed E-state index contributed by atoms with van der Waals surface area (Å²) in [4.78, 5) is 13.3. The first kappa shape index (κ1) is 15.9.